The molecular formula is C15H24BrN3. The zero-order chi connectivity index (χ0) is 13.8. The largest absolute Gasteiger partial charge is 0.329 e. The summed E-state index contributed by atoms with van der Waals surface area (Å²) in [5.74, 6) is 0. The third-order valence-electron chi connectivity index (χ3n) is 4.16. The van der Waals surface area contributed by atoms with Crippen LogP contribution in [0.5, 0.6) is 0 Å². The van der Waals surface area contributed by atoms with Gasteiger partial charge in [0.05, 0.1) is 0 Å². The molecule has 0 radical (unpaired) electrons. The number of benzene rings is 1. The van der Waals surface area contributed by atoms with Crippen LogP contribution in [-0.4, -0.2) is 49.6 Å². The number of halogens is 1. The van der Waals surface area contributed by atoms with Crippen molar-refractivity contribution >= 4 is 15.9 Å². The zero-order valence-electron chi connectivity index (χ0n) is 11.8. The molecule has 0 spiro atoms. The van der Waals surface area contributed by atoms with Gasteiger partial charge < -0.3 is 10.6 Å². The lowest BCUT2D eigenvalue weighted by Gasteiger charge is -2.39. The first-order valence-electron chi connectivity index (χ1n) is 6.98. The van der Waals surface area contributed by atoms with Crippen LogP contribution in [0.1, 0.15) is 24.4 Å². The highest BCUT2D eigenvalue weighted by Gasteiger charge is 2.26. The highest BCUT2D eigenvalue weighted by Crippen LogP contribution is 2.29. The predicted octanol–water partition coefficient (Wildman–Crippen LogP) is 2.47. The minimum absolute atomic E-state index is 0.332. The summed E-state index contributed by atoms with van der Waals surface area (Å²) < 4.78 is 1.17. The van der Waals surface area contributed by atoms with E-state index < -0.39 is 0 Å². The van der Waals surface area contributed by atoms with E-state index in [1.54, 1.807) is 0 Å². The predicted molar refractivity (Wildman–Crippen MR) is 84.2 cm³/mol. The molecule has 0 aliphatic carbocycles. The second-order valence-electron chi connectivity index (χ2n) is 5.50. The summed E-state index contributed by atoms with van der Waals surface area (Å²) in [7, 11) is 4.35. The first-order chi connectivity index (χ1) is 9.13. The Bertz CT molecular complexity index is 400. The van der Waals surface area contributed by atoms with Gasteiger partial charge in [0.2, 0.25) is 0 Å². The molecule has 2 N–H and O–H groups in total. The van der Waals surface area contributed by atoms with E-state index in [2.05, 4.69) is 64.1 Å². The van der Waals surface area contributed by atoms with Crippen molar-refractivity contribution in [1.29, 1.82) is 0 Å². The topological polar surface area (TPSA) is 32.5 Å². The number of likely N-dealkylation sites (tertiary alicyclic amines) is 1. The SMILES string of the molecule is CN(C)C1CCN(C(CN)c2ccccc2Br)CC1. The first kappa shape index (κ1) is 15.0. The van der Waals surface area contributed by atoms with Gasteiger partial charge in [-0.1, -0.05) is 34.1 Å². The number of hydrogen-bond acceptors (Lipinski definition) is 3. The molecule has 0 amide bonds. The molecule has 0 aromatic heterocycles. The van der Waals surface area contributed by atoms with Crippen molar-refractivity contribution in [1.82, 2.24) is 9.80 Å². The van der Waals surface area contributed by atoms with Gasteiger partial charge in [0.15, 0.2) is 0 Å². The summed E-state index contributed by atoms with van der Waals surface area (Å²) in [6, 6.07) is 9.48. The van der Waals surface area contributed by atoms with Crippen LogP contribution in [0.15, 0.2) is 28.7 Å². The molecule has 0 saturated carbocycles. The van der Waals surface area contributed by atoms with Crippen LogP contribution in [0.2, 0.25) is 0 Å². The van der Waals surface area contributed by atoms with Gasteiger partial charge in [-0.3, -0.25) is 4.90 Å². The monoisotopic (exact) mass is 325 g/mol. The highest BCUT2D eigenvalue weighted by molar-refractivity contribution is 9.10. The van der Waals surface area contributed by atoms with Crippen LogP contribution >= 0.6 is 15.9 Å². The smallest absolute Gasteiger partial charge is 0.0481 e. The van der Waals surface area contributed by atoms with E-state index in [0.29, 0.717) is 18.6 Å². The second kappa shape index (κ2) is 6.84. The van der Waals surface area contributed by atoms with Gasteiger partial charge in [-0.05, 0) is 38.6 Å². The van der Waals surface area contributed by atoms with Gasteiger partial charge in [-0.25, -0.2) is 0 Å². The van der Waals surface area contributed by atoms with Crippen molar-refractivity contribution in [3.05, 3.63) is 34.3 Å². The molecule has 1 aromatic carbocycles. The van der Waals surface area contributed by atoms with Crippen LogP contribution in [0.3, 0.4) is 0 Å². The van der Waals surface area contributed by atoms with Gasteiger partial charge in [0.25, 0.3) is 0 Å². The average Bonchev–Trinajstić information content (AvgIpc) is 2.42. The summed E-state index contributed by atoms with van der Waals surface area (Å²) in [5, 5.41) is 0. The van der Waals surface area contributed by atoms with Crippen molar-refractivity contribution in [2.24, 2.45) is 5.73 Å². The van der Waals surface area contributed by atoms with Gasteiger partial charge in [0, 0.05) is 36.2 Å². The number of hydrogen-bond donors (Lipinski definition) is 1. The number of rotatable bonds is 4. The van der Waals surface area contributed by atoms with Crippen LogP contribution in [0.25, 0.3) is 0 Å². The van der Waals surface area contributed by atoms with Crippen LogP contribution in [-0.2, 0) is 0 Å². The zero-order valence-corrected chi connectivity index (χ0v) is 13.4. The summed E-state index contributed by atoms with van der Waals surface area (Å²) >= 11 is 3.65. The molecule has 1 aliphatic heterocycles. The molecule has 1 fully saturated rings. The van der Waals surface area contributed by atoms with E-state index in [1.807, 2.05) is 0 Å². The molecule has 1 saturated heterocycles. The Labute approximate surface area is 124 Å². The maximum atomic E-state index is 6.03. The molecule has 1 aliphatic rings. The van der Waals surface area contributed by atoms with E-state index in [9.17, 15) is 0 Å². The van der Waals surface area contributed by atoms with Crippen LogP contribution < -0.4 is 5.73 Å². The lowest BCUT2D eigenvalue weighted by molar-refractivity contribution is 0.110. The third-order valence-corrected chi connectivity index (χ3v) is 4.88. The minimum Gasteiger partial charge on any atom is -0.329 e. The van der Waals surface area contributed by atoms with Crippen LogP contribution in [0.4, 0.5) is 0 Å². The Balaban J connectivity index is 2.06. The fraction of sp³-hybridized carbons (Fsp3) is 0.600. The number of piperidine rings is 1. The summed E-state index contributed by atoms with van der Waals surface area (Å²) in [5.41, 5.74) is 7.34. The van der Waals surface area contributed by atoms with Crippen molar-refractivity contribution in [2.75, 3.05) is 33.7 Å². The first-order valence-corrected chi connectivity index (χ1v) is 7.77. The molecule has 4 heteroatoms. The Kier molecular flexibility index (Phi) is 5.39. The van der Waals surface area contributed by atoms with Crippen molar-refractivity contribution in [3.8, 4) is 0 Å². The Morgan fingerprint density at radius 1 is 1.32 bits per heavy atom. The number of nitrogens with zero attached hydrogens (tertiary/aromatic N) is 2. The Hall–Kier alpha value is -0.420. The Morgan fingerprint density at radius 2 is 1.95 bits per heavy atom. The van der Waals surface area contributed by atoms with Gasteiger partial charge >= 0.3 is 0 Å². The third kappa shape index (κ3) is 3.57. The summed E-state index contributed by atoms with van der Waals surface area (Å²) in [4.78, 5) is 4.87. The van der Waals surface area contributed by atoms with E-state index in [4.69, 9.17) is 5.73 Å². The van der Waals surface area contributed by atoms with Crippen LogP contribution in [0, 0.1) is 0 Å². The molecule has 0 bridgehead atoms. The van der Waals surface area contributed by atoms with Gasteiger partial charge in [0.1, 0.15) is 0 Å². The summed E-state index contributed by atoms with van der Waals surface area (Å²) in [6.45, 7) is 2.94. The maximum Gasteiger partial charge on any atom is 0.0481 e. The minimum atomic E-state index is 0.332. The van der Waals surface area contributed by atoms with E-state index in [0.717, 1.165) is 13.1 Å². The summed E-state index contributed by atoms with van der Waals surface area (Å²) in [6.07, 6.45) is 2.46. The highest BCUT2D eigenvalue weighted by atomic mass is 79.9. The van der Waals surface area contributed by atoms with E-state index in [-0.39, 0.29) is 0 Å². The molecule has 1 unspecified atom stereocenters. The maximum absolute atomic E-state index is 6.03. The average molecular weight is 326 g/mol. The molecule has 106 valence electrons. The molecule has 19 heavy (non-hydrogen) atoms. The second-order valence-corrected chi connectivity index (χ2v) is 6.36. The van der Waals surface area contributed by atoms with E-state index in [1.165, 1.54) is 22.9 Å². The van der Waals surface area contributed by atoms with Crippen molar-refractivity contribution < 1.29 is 0 Å². The molecule has 1 heterocycles. The van der Waals surface area contributed by atoms with E-state index >= 15 is 0 Å². The number of nitrogens with two attached hydrogens (primary N) is 1. The molecular weight excluding hydrogens is 302 g/mol. The fourth-order valence-corrected chi connectivity index (χ4v) is 3.48. The normalized spacial score (nSPS) is 19.8. The fourth-order valence-electron chi connectivity index (χ4n) is 2.93. The van der Waals surface area contributed by atoms with Crippen molar-refractivity contribution in [2.45, 2.75) is 24.9 Å². The van der Waals surface area contributed by atoms with Gasteiger partial charge in [-0.15, -0.1) is 0 Å². The van der Waals surface area contributed by atoms with Crippen molar-refractivity contribution in [3.63, 3.8) is 0 Å². The molecule has 2 rings (SSSR count). The lowest BCUT2D eigenvalue weighted by Crippen LogP contribution is -2.45. The quantitative estimate of drug-likeness (QED) is 0.923. The molecule has 1 atom stereocenters. The van der Waals surface area contributed by atoms with Gasteiger partial charge in [-0.2, -0.15) is 0 Å². The standard InChI is InChI=1S/C15H24BrN3/c1-18(2)12-7-9-19(10-8-12)15(11-17)13-5-3-4-6-14(13)16/h3-6,12,15H,7-11,17H2,1-2H3. The molecule has 1 aromatic rings. The Morgan fingerprint density at radius 3 is 2.47 bits per heavy atom. The lowest BCUT2D eigenvalue weighted by atomic mass is 9.99. The molecule has 3 nitrogen and oxygen atoms in total.